The van der Waals surface area contributed by atoms with Crippen LogP contribution in [0, 0.1) is 11.8 Å². The van der Waals surface area contributed by atoms with E-state index in [4.69, 9.17) is 0 Å². The van der Waals surface area contributed by atoms with Crippen LogP contribution in [0.4, 0.5) is 0 Å². The van der Waals surface area contributed by atoms with E-state index >= 15 is 0 Å². The van der Waals surface area contributed by atoms with Gasteiger partial charge in [-0.05, 0) is 41.5 Å². The van der Waals surface area contributed by atoms with Gasteiger partial charge in [0.1, 0.15) is 0 Å². The number of benzene rings is 2. The molecule has 1 saturated heterocycles. The maximum absolute atomic E-state index is 12.6. The molecule has 0 bridgehead atoms. The Morgan fingerprint density at radius 2 is 1.60 bits per heavy atom. The Bertz CT molecular complexity index is 960. The lowest BCUT2D eigenvalue weighted by atomic mass is 9.91. The fourth-order valence-corrected chi connectivity index (χ4v) is 5.39. The molecule has 2 aromatic carbocycles. The van der Waals surface area contributed by atoms with Crippen molar-refractivity contribution < 1.29 is 13.2 Å². The first-order chi connectivity index (χ1) is 14.3. The first-order valence-electron chi connectivity index (χ1n) is 10.7. The highest BCUT2D eigenvalue weighted by Crippen LogP contribution is 2.22. The first-order valence-corrected chi connectivity index (χ1v) is 12.3. The van der Waals surface area contributed by atoms with Gasteiger partial charge in [0.15, 0.2) is 9.84 Å². The molecule has 1 aliphatic rings. The molecule has 2 atom stereocenters. The second-order valence-electron chi connectivity index (χ2n) is 8.54. The van der Waals surface area contributed by atoms with E-state index in [2.05, 4.69) is 36.2 Å². The molecule has 0 aromatic heterocycles. The lowest BCUT2D eigenvalue weighted by Crippen LogP contribution is -2.38. The minimum Gasteiger partial charge on any atom is -0.348 e. The summed E-state index contributed by atoms with van der Waals surface area (Å²) in [6.45, 7) is 9.80. The number of sulfone groups is 1. The van der Waals surface area contributed by atoms with Crippen LogP contribution >= 0.6 is 0 Å². The summed E-state index contributed by atoms with van der Waals surface area (Å²) in [5.41, 5.74) is 2.46. The van der Waals surface area contributed by atoms with Gasteiger partial charge in [-0.3, -0.25) is 9.69 Å². The SMILES string of the molecule is CCS(=O)(=O)c1ccccc1C(=O)NCc1ccc(CN2C[C@@H](C)C[C@H](C)C2)cc1. The third-order valence-corrected chi connectivity index (χ3v) is 7.46. The van der Waals surface area contributed by atoms with Gasteiger partial charge in [0.05, 0.1) is 16.2 Å². The van der Waals surface area contributed by atoms with E-state index in [9.17, 15) is 13.2 Å². The Labute approximate surface area is 180 Å². The van der Waals surface area contributed by atoms with Gasteiger partial charge in [0.2, 0.25) is 0 Å². The summed E-state index contributed by atoms with van der Waals surface area (Å²) in [6, 6.07) is 14.7. The molecule has 162 valence electrons. The zero-order chi connectivity index (χ0) is 21.7. The number of hydrogen-bond acceptors (Lipinski definition) is 4. The number of likely N-dealkylation sites (tertiary alicyclic amines) is 1. The van der Waals surface area contributed by atoms with Crippen LogP contribution in [0.25, 0.3) is 0 Å². The molecule has 1 aliphatic heterocycles. The summed E-state index contributed by atoms with van der Waals surface area (Å²) in [7, 11) is -3.45. The highest BCUT2D eigenvalue weighted by Gasteiger charge is 2.22. The molecule has 30 heavy (non-hydrogen) atoms. The number of nitrogens with zero attached hydrogens (tertiary/aromatic N) is 1. The van der Waals surface area contributed by atoms with Gasteiger partial charge < -0.3 is 5.32 Å². The third-order valence-electron chi connectivity index (χ3n) is 5.67. The van der Waals surface area contributed by atoms with Gasteiger partial charge in [-0.25, -0.2) is 8.42 Å². The number of amides is 1. The summed E-state index contributed by atoms with van der Waals surface area (Å²) in [4.78, 5) is 15.2. The predicted octanol–water partition coefficient (Wildman–Crippen LogP) is 3.89. The van der Waals surface area contributed by atoms with Crippen molar-refractivity contribution in [2.75, 3.05) is 18.8 Å². The number of rotatable bonds is 7. The molecular weight excluding hydrogens is 396 g/mol. The zero-order valence-corrected chi connectivity index (χ0v) is 18.9. The summed E-state index contributed by atoms with van der Waals surface area (Å²) in [6.07, 6.45) is 1.30. The summed E-state index contributed by atoms with van der Waals surface area (Å²) >= 11 is 0. The Balaban J connectivity index is 1.60. The molecule has 1 heterocycles. The Morgan fingerprint density at radius 3 is 2.23 bits per heavy atom. The van der Waals surface area contributed by atoms with Crippen molar-refractivity contribution in [1.82, 2.24) is 10.2 Å². The van der Waals surface area contributed by atoms with Crippen LogP contribution in [0.3, 0.4) is 0 Å². The van der Waals surface area contributed by atoms with Crippen LogP contribution in [0.5, 0.6) is 0 Å². The second kappa shape index (κ2) is 9.75. The van der Waals surface area contributed by atoms with Crippen molar-refractivity contribution in [1.29, 1.82) is 0 Å². The number of carbonyl (C=O) groups is 1. The van der Waals surface area contributed by atoms with E-state index < -0.39 is 9.84 Å². The van der Waals surface area contributed by atoms with Crippen molar-refractivity contribution in [3.63, 3.8) is 0 Å². The molecule has 3 rings (SSSR count). The predicted molar refractivity (Wildman–Crippen MR) is 120 cm³/mol. The molecule has 0 aliphatic carbocycles. The van der Waals surface area contributed by atoms with Crippen molar-refractivity contribution in [3.05, 3.63) is 65.2 Å². The summed E-state index contributed by atoms with van der Waals surface area (Å²) in [5.74, 6) is 1.07. The largest absolute Gasteiger partial charge is 0.348 e. The fourth-order valence-electron chi connectivity index (χ4n) is 4.30. The van der Waals surface area contributed by atoms with Crippen molar-refractivity contribution in [3.8, 4) is 0 Å². The molecule has 6 heteroatoms. The van der Waals surface area contributed by atoms with Crippen molar-refractivity contribution in [2.45, 2.75) is 45.2 Å². The molecule has 0 radical (unpaired) electrons. The van der Waals surface area contributed by atoms with Crippen LogP contribution in [-0.4, -0.2) is 38.1 Å². The van der Waals surface area contributed by atoms with E-state index in [0.29, 0.717) is 6.54 Å². The van der Waals surface area contributed by atoms with E-state index in [-0.39, 0.29) is 22.1 Å². The van der Waals surface area contributed by atoms with E-state index in [1.165, 1.54) is 18.1 Å². The zero-order valence-electron chi connectivity index (χ0n) is 18.1. The molecule has 0 unspecified atom stereocenters. The number of nitrogens with one attached hydrogen (secondary N) is 1. The molecular formula is C24H32N2O3S. The lowest BCUT2D eigenvalue weighted by molar-refractivity contribution is 0.0947. The molecule has 0 spiro atoms. The number of hydrogen-bond donors (Lipinski definition) is 1. The molecule has 5 nitrogen and oxygen atoms in total. The van der Waals surface area contributed by atoms with Crippen LogP contribution in [0.1, 0.15) is 48.7 Å². The van der Waals surface area contributed by atoms with Crippen LogP contribution in [0.15, 0.2) is 53.4 Å². The van der Waals surface area contributed by atoms with E-state index in [1.807, 2.05) is 12.1 Å². The molecule has 1 N–H and O–H groups in total. The topological polar surface area (TPSA) is 66.5 Å². The van der Waals surface area contributed by atoms with Crippen LogP contribution in [0.2, 0.25) is 0 Å². The van der Waals surface area contributed by atoms with Gasteiger partial charge in [-0.1, -0.05) is 57.2 Å². The Morgan fingerprint density at radius 1 is 1.00 bits per heavy atom. The highest BCUT2D eigenvalue weighted by molar-refractivity contribution is 7.91. The van der Waals surface area contributed by atoms with Crippen molar-refractivity contribution >= 4 is 15.7 Å². The monoisotopic (exact) mass is 428 g/mol. The van der Waals surface area contributed by atoms with E-state index in [0.717, 1.165) is 37.0 Å². The standard InChI is InChI=1S/C24H32N2O3S/c1-4-30(28,29)23-8-6-5-7-22(23)24(27)25-14-20-9-11-21(12-10-20)17-26-15-18(2)13-19(3)16-26/h5-12,18-19H,4,13-17H2,1-3H3,(H,25,27)/t18-,19-/m0/s1. The summed E-state index contributed by atoms with van der Waals surface area (Å²) < 4.78 is 24.5. The molecule has 0 saturated carbocycles. The second-order valence-corrected chi connectivity index (χ2v) is 10.8. The van der Waals surface area contributed by atoms with Gasteiger partial charge in [0.25, 0.3) is 5.91 Å². The first kappa shape index (κ1) is 22.5. The molecule has 1 fully saturated rings. The number of piperidine rings is 1. The number of carbonyl (C=O) groups excluding carboxylic acids is 1. The van der Waals surface area contributed by atoms with Gasteiger partial charge in [-0.15, -0.1) is 0 Å². The summed E-state index contributed by atoms with van der Waals surface area (Å²) in [5, 5.41) is 2.85. The average molecular weight is 429 g/mol. The van der Waals surface area contributed by atoms with E-state index in [1.54, 1.807) is 25.1 Å². The third kappa shape index (κ3) is 5.70. The maximum atomic E-state index is 12.6. The Kier molecular flexibility index (Phi) is 7.32. The maximum Gasteiger partial charge on any atom is 0.252 e. The fraction of sp³-hybridized carbons (Fsp3) is 0.458. The lowest BCUT2D eigenvalue weighted by Gasteiger charge is -2.35. The van der Waals surface area contributed by atoms with Gasteiger partial charge in [-0.2, -0.15) is 0 Å². The normalized spacial score (nSPS) is 20.1. The van der Waals surface area contributed by atoms with Crippen LogP contribution < -0.4 is 5.32 Å². The van der Waals surface area contributed by atoms with Crippen molar-refractivity contribution in [2.24, 2.45) is 11.8 Å². The van der Waals surface area contributed by atoms with Gasteiger partial charge in [0, 0.05) is 26.2 Å². The van der Waals surface area contributed by atoms with Crippen LogP contribution in [-0.2, 0) is 22.9 Å². The highest BCUT2D eigenvalue weighted by atomic mass is 32.2. The molecule has 2 aromatic rings. The minimum atomic E-state index is -3.45. The van der Waals surface area contributed by atoms with Gasteiger partial charge >= 0.3 is 0 Å². The quantitative estimate of drug-likeness (QED) is 0.727. The minimum absolute atomic E-state index is 0.0344. The smallest absolute Gasteiger partial charge is 0.252 e. The molecule has 1 amide bonds. The Hall–Kier alpha value is -2.18. The average Bonchev–Trinajstić information content (AvgIpc) is 2.72.